The van der Waals surface area contributed by atoms with Crippen molar-refractivity contribution in [3.05, 3.63) is 0 Å². The normalized spacial score (nSPS) is 10.6. The Morgan fingerprint density at radius 2 is 2.00 bits per heavy atom. The Kier molecular flexibility index (Phi) is 3.69. The van der Waals surface area contributed by atoms with Gasteiger partial charge in [-0.15, -0.1) is 5.10 Å². The summed E-state index contributed by atoms with van der Waals surface area (Å²) in [6, 6.07) is 0. The second-order valence-corrected chi connectivity index (χ2v) is 1.50. The predicted molar refractivity (Wildman–Crippen MR) is 25.8 cm³/mol. The molecule has 9 heavy (non-hydrogen) atoms. The first-order chi connectivity index (χ1) is 4.13. The van der Waals surface area contributed by atoms with Gasteiger partial charge in [0.2, 0.25) is 0 Å². The monoisotopic (exact) mass is 156 g/mol. The highest BCUT2D eigenvalue weighted by molar-refractivity contribution is 7.61. The molecule has 0 saturated heterocycles. The van der Waals surface area contributed by atoms with Crippen molar-refractivity contribution in [2.45, 2.75) is 6.43 Å². The summed E-state index contributed by atoms with van der Waals surface area (Å²) in [4.78, 5) is 0. The first kappa shape index (κ1) is 8.15. The van der Waals surface area contributed by atoms with Crippen molar-refractivity contribution >= 4 is 16.7 Å². The van der Waals surface area contributed by atoms with Gasteiger partial charge in [-0.05, 0) is 4.47 Å². The lowest BCUT2D eigenvalue weighted by atomic mass is 10.8. The van der Waals surface area contributed by atoms with Crippen LogP contribution in [0.4, 0.5) is 8.78 Å². The molecule has 0 unspecified atom stereocenters. The van der Waals surface area contributed by atoms with E-state index in [4.69, 9.17) is 0 Å². The largest absolute Gasteiger partial charge is 0.334 e. The van der Waals surface area contributed by atoms with Crippen molar-refractivity contribution in [3.8, 4) is 0 Å². The molecule has 0 bridgehead atoms. The lowest BCUT2D eigenvalue weighted by Gasteiger charge is -1.77. The van der Waals surface area contributed by atoms with Crippen molar-refractivity contribution < 1.29 is 17.2 Å². The Bertz CT molecular complexity index is 211. The number of nitrogens with zero attached hydrogens (tertiary/aromatic N) is 2. The molecule has 0 radical (unpaired) electrons. The molecule has 7 heteroatoms. The average Bonchev–Trinajstić information content (AvgIpc) is 1.63. The Hall–Kier alpha value is -0.850. The van der Waals surface area contributed by atoms with Gasteiger partial charge in [0.05, 0.1) is 6.21 Å². The summed E-state index contributed by atoms with van der Waals surface area (Å²) in [5.74, 6) is 0. The highest BCUT2D eigenvalue weighted by atomic mass is 32.2. The minimum Gasteiger partial charge on any atom is -0.204 e. The Labute approximate surface area is 50.9 Å². The first-order valence-electron chi connectivity index (χ1n) is 1.74. The number of hydrogen-bond donors (Lipinski definition) is 0. The Morgan fingerprint density at radius 3 is 2.33 bits per heavy atom. The summed E-state index contributed by atoms with van der Waals surface area (Å²) in [6.45, 7) is 0. The van der Waals surface area contributed by atoms with Gasteiger partial charge in [-0.2, -0.15) is 8.42 Å². The van der Waals surface area contributed by atoms with Gasteiger partial charge in [-0.25, -0.2) is 8.78 Å². The number of hydrogen-bond acceptors (Lipinski definition) is 3. The van der Waals surface area contributed by atoms with E-state index in [1.54, 1.807) is 0 Å². The van der Waals surface area contributed by atoms with E-state index in [-0.39, 0.29) is 6.21 Å². The molecule has 0 rings (SSSR count). The molecule has 4 nitrogen and oxygen atoms in total. The van der Waals surface area contributed by atoms with Crippen molar-refractivity contribution in [2.24, 2.45) is 9.57 Å². The van der Waals surface area contributed by atoms with Gasteiger partial charge in [0, 0.05) is 0 Å². The second kappa shape index (κ2) is 4.07. The molecule has 0 fully saturated rings. The molecule has 0 aliphatic carbocycles. The van der Waals surface area contributed by atoms with Gasteiger partial charge in [0.25, 0.3) is 6.43 Å². The molecule has 0 amide bonds. The maximum Gasteiger partial charge on any atom is 0.334 e. The molecular formula is C2H2F2N2O2S. The summed E-state index contributed by atoms with van der Waals surface area (Å²) in [5.41, 5.74) is 0. The fraction of sp³-hybridized carbons (Fsp3) is 0.500. The van der Waals surface area contributed by atoms with Crippen LogP contribution in [0, 0.1) is 0 Å². The van der Waals surface area contributed by atoms with Crippen LogP contribution in [-0.4, -0.2) is 21.1 Å². The molecule has 0 heterocycles. The third kappa shape index (κ3) is 7.15. The van der Waals surface area contributed by atoms with E-state index in [1.165, 1.54) is 0 Å². The SMILES string of the molecule is O=S(=O)=NN=CC(F)F. The highest BCUT2D eigenvalue weighted by Gasteiger charge is 1.91. The van der Waals surface area contributed by atoms with Crippen LogP contribution < -0.4 is 0 Å². The zero-order chi connectivity index (χ0) is 7.28. The smallest absolute Gasteiger partial charge is 0.204 e. The number of alkyl halides is 2. The first-order valence-corrected chi connectivity index (χ1v) is 2.78. The molecule has 52 valence electrons. The van der Waals surface area contributed by atoms with E-state index >= 15 is 0 Å². The van der Waals surface area contributed by atoms with Crippen molar-refractivity contribution in [1.29, 1.82) is 0 Å². The van der Waals surface area contributed by atoms with E-state index in [0.717, 1.165) is 0 Å². The molecular weight excluding hydrogens is 154 g/mol. The summed E-state index contributed by atoms with van der Waals surface area (Å²) in [5, 5.41) is 2.51. The highest BCUT2D eigenvalue weighted by Crippen LogP contribution is 1.85. The molecule has 0 N–H and O–H groups in total. The minimum absolute atomic E-state index is 0.121. The maximum atomic E-state index is 11.1. The molecule has 0 aliphatic rings. The number of halogens is 2. The van der Waals surface area contributed by atoms with Crippen LogP contribution in [0.25, 0.3) is 0 Å². The molecule has 0 aliphatic heterocycles. The van der Waals surface area contributed by atoms with Crippen molar-refractivity contribution in [2.75, 3.05) is 0 Å². The van der Waals surface area contributed by atoms with Crippen LogP contribution in [0.1, 0.15) is 0 Å². The average molecular weight is 156 g/mol. The van der Waals surface area contributed by atoms with Crippen LogP contribution in [0.3, 0.4) is 0 Å². The molecule has 0 aromatic carbocycles. The quantitative estimate of drug-likeness (QED) is 0.426. The summed E-state index contributed by atoms with van der Waals surface area (Å²) in [7, 11) is -2.74. The fourth-order valence-corrected chi connectivity index (χ4v) is 0.248. The van der Waals surface area contributed by atoms with Gasteiger partial charge in [-0.3, -0.25) is 0 Å². The Morgan fingerprint density at radius 1 is 1.44 bits per heavy atom. The summed E-state index contributed by atoms with van der Waals surface area (Å²) in [6.07, 6.45) is -2.65. The molecule has 0 aromatic rings. The van der Waals surface area contributed by atoms with Crippen molar-refractivity contribution in [1.82, 2.24) is 0 Å². The van der Waals surface area contributed by atoms with E-state index in [9.17, 15) is 17.2 Å². The van der Waals surface area contributed by atoms with Gasteiger partial charge in [0.15, 0.2) is 0 Å². The van der Waals surface area contributed by atoms with E-state index in [2.05, 4.69) is 9.57 Å². The maximum absolute atomic E-state index is 11.1. The van der Waals surface area contributed by atoms with Crippen molar-refractivity contribution in [3.63, 3.8) is 0 Å². The fourth-order valence-electron chi connectivity index (χ4n) is 0.116. The third-order valence-corrected chi connectivity index (χ3v) is 0.521. The number of rotatable bonds is 2. The van der Waals surface area contributed by atoms with Crippen LogP contribution in [-0.2, 0) is 10.5 Å². The van der Waals surface area contributed by atoms with Crippen LogP contribution in [0.5, 0.6) is 0 Å². The zero-order valence-corrected chi connectivity index (χ0v) is 4.85. The lowest BCUT2D eigenvalue weighted by molar-refractivity contribution is 0.231. The summed E-state index contributed by atoms with van der Waals surface area (Å²) < 4.78 is 43.4. The van der Waals surface area contributed by atoms with Gasteiger partial charge in [0.1, 0.15) is 0 Å². The van der Waals surface area contributed by atoms with Gasteiger partial charge in [-0.1, -0.05) is 0 Å². The Balaban J connectivity index is 3.90. The van der Waals surface area contributed by atoms with E-state index < -0.39 is 16.9 Å². The standard InChI is InChI=1S/C2H2F2N2O2S/c3-2(4)1-5-6-9(7)8/h1-2H. The second-order valence-electron chi connectivity index (χ2n) is 0.898. The molecule has 0 spiro atoms. The van der Waals surface area contributed by atoms with Crippen LogP contribution in [0.2, 0.25) is 0 Å². The van der Waals surface area contributed by atoms with E-state index in [0.29, 0.717) is 0 Å². The van der Waals surface area contributed by atoms with Gasteiger partial charge < -0.3 is 0 Å². The third-order valence-electron chi connectivity index (χ3n) is 0.293. The van der Waals surface area contributed by atoms with Gasteiger partial charge >= 0.3 is 10.5 Å². The predicted octanol–water partition coefficient (Wildman–Crippen LogP) is 0.300. The molecule has 0 aromatic heterocycles. The van der Waals surface area contributed by atoms with Crippen LogP contribution in [0.15, 0.2) is 9.57 Å². The molecule has 0 atom stereocenters. The molecule has 0 saturated carbocycles. The minimum atomic E-state index is -2.77. The lowest BCUT2D eigenvalue weighted by Crippen LogP contribution is -1.87. The topological polar surface area (TPSA) is 58.9 Å². The zero-order valence-electron chi connectivity index (χ0n) is 4.03. The van der Waals surface area contributed by atoms with E-state index in [1.807, 2.05) is 0 Å². The summed E-state index contributed by atoms with van der Waals surface area (Å²) >= 11 is 0. The van der Waals surface area contributed by atoms with Crippen LogP contribution >= 0.6 is 0 Å².